The van der Waals surface area contributed by atoms with E-state index in [0.29, 0.717) is 10.6 Å². The summed E-state index contributed by atoms with van der Waals surface area (Å²) in [5, 5.41) is 0.781. The molecule has 0 unspecified atom stereocenters. The summed E-state index contributed by atoms with van der Waals surface area (Å²) in [6.07, 6.45) is 2.92. The molecule has 3 nitrogen and oxygen atoms in total. The molecule has 156 valence electrons. The molecule has 3 aromatic carbocycles. The number of carbonyl (C=O) groups is 1. The lowest BCUT2D eigenvalue weighted by Gasteiger charge is -2.09. The number of ether oxygens (including phenoxy) is 2. The van der Waals surface area contributed by atoms with Crippen molar-refractivity contribution in [2.75, 3.05) is 6.61 Å². The largest absolute Gasteiger partial charge is 0.494 e. The van der Waals surface area contributed by atoms with Crippen LogP contribution in [0.1, 0.15) is 41.3 Å². The summed E-state index contributed by atoms with van der Waals surface area (Å²) >= 11 is 17.9. The zero-order valence-corrected chi connectivity index (χ0v) is 18.7. The standard InChI is InChI=1S/C24H21Cl3O3/c1-2-3-12-29-19-10-6-17(7-11-19)13-16-4-8-18(9-5-16)24(28)30-23-15-21(26)20(25)14-22(23)27/h4-11,14-15H,2-3,12-13H2,1H3. The fourth-order valence-corrected chi connectivity index (χ4v) is 3.35. The first-order valence-corrected chi connectivity index (χ1v) is 10.8. The molecule has 0 saturated heterocycles. The second kappa shape index (κ2) is 10.7. The van der Waals surface area contributed by atoms with Crippen molar-refractivity contribution >= 4 is 40.8 Å². The summed E-state index contributed by atoms with van der Waals surface area (Å²) in [5.74, 6) is 0.531. The van der Waals surface area contributed by atoms with E-state index in [9.17, 15) is 4.79 Å². The van der Waals surface area contributed by atoms with E-state index in [1.807, 2.05) is 24.3 Å². The van der Waals surface area contributed by atoms with Crippen LogP contribution in [0.3, 0.4) is 0 Å². The fourth-order valence-electron chi connectivity index (χ4n) is 2.77. The minimum Gasteiger partial charge on any atom is -0.494 e. The van der Waals surface area contributed by atoms with Gasteiger partial charge in [-0.25, -0.2) is 4.79 Å². The maximum absolute atomic E-state index is 12.4. The average Bonchev–Trinajstić information content (AvgIpc) is 2.74. The molecule has 0 aromatic heterocycles. The van der Waals surface area contributed by atoms with Gasteiger partial charge < -0.3 is 9.47 Å². The summed E-state index contributed by atoms with van der Waals surface area (Å²) in [6, 6.07) is 18.2. The summed E-state index contributed by atoms with van der Waals surface area (Å²) < 4.78 is 11.0. The zero-order chi connectivity index (χ0) is 21.5. The van der Waals surface area contributed by atoms with Crippen LogP contribution in [0.5, 0.6) is 11.5 Å². The first-order valence-electron chi connectivity index (χ1n) is 9.63. The molecule has 30 heavy (non-hydrogen) atoms. The lowest BCUT2D eigenvalue weighted by Crippen LogP contribution is -2.09. The van der Waals surface area contributed by atoms with Gasteiger partial charge in [0.05, 0.1) is 27.2 Å². The average molecular weight is 464 g/mol. The molecule has 3 aromatic rings. The SMILES string of the molecule is CCCCOc1ccc(Cc2ccc(C(=O)Oc3cc(Cl)c(Cl)cc3Cl)cc2)cc1. The van der Waals surface area contributed by atoms with Gasteiger partial charge in [0.2, 0.25) is 0 Å². The number of esters is 1. The van der Waals surface area contributed by atoms with Gasteiger partial charge in [0.25, 0.3) is 0 Å². The Morgan fingerprint density at radius 2 is 1.43 bits per heavy atom. The molecule has 0 spiro atoms. The van der Waals surface area contributed by atoms with Crippen LogP contribution >= 0.6 is 34.8 Å². The van der Waals surface area contributed by atoms with Crippen LogP contribution in [-0.2, 0) is 6.42 Å². The van der Waals surface area contributed by atoms with Gasteiger partial charge in [0, 0.05) is 6.07 Å². The van der Waals surface area contributed by atoms with Gasteiger partial charge in [-0.1, -0.05) is 72.4 Å². The van der Waals surface area contributed by atoms with E-state index >= 15 is 0 Å². The van der Waals surface area contributed by atoms with Gasteiger partial charge in [-0.2, -0.15) is 0 Å². The van der Waals surface area contributed by atoms with Gasteiger partial charge in [0.15, 0.2) is 5.75 Å². The predicted molar refractivity (Wildman–Crippen MR) is 123 cm³/mol. The normalized spacial score (nSPS) is 10.7. The van der Waals surface area contributed by atoms with Gasteiger partial charge in [-0.15, -0.1) is 0 Å². The highest BCUT2D eigenvalue weighted by atomic mass is 35.5. The van der Waals surface area contributed by atoms with Crippen LogP contribution < -0.4 is 9.47 Å². The van der Waals surface area contributed by atoms with Crippen LogP contribution in [0.25, 0.3) is 0 Å². The van der Waals surface area contributed by atoms with E-state index in [1.54, 1.807) is 12.1 Å². The smallest absolute Gasteiger partial charge is 0.343 e. The molecule has 0 atom stereocenters. The second-order valence-corrected chi connectivity index (χ2v) is 8.03. The van der Waals surface area contributed by atoms with Crippen molar-refractivity contribution in [1.82, 2.24) is 0 Å². The maximum Gasteiger partial charge on any atom is 0.343 e. The molecule has 0 heterocycles. The Bertz CT molecular complexity index is 999. The molecular formula is C24H21Cl3O3. The lowest BCUT2D eigenvalue weighted by atomic mass is 10.0. The van der Waals surface area contributed by atoms with Crippen LogP contribution in [-0.4, -0.2) is 12.6 Å². The molecular weight excluding hydrogens is 443 g/mol. The van der Waals surface area contributed by atoms with E-state index < -0.39 is 5.97 Å². The lowest BCUT2D eigenvalue weighted by molar-refractivity contribution is 0.0735. The Morgan fingerprint density at radius 1 is 0.833 bits per heavy atom. The third-order valence-electron chi connectivity index (χ3n) is 4.47. The molecule has 6 heteroatoms. The van der Waals surface area contributed by atoms with Gasteiger partial charge in [-0.05, 0) is 54.3 Å². The number of rotatable bonds is 8. The third-order valence-corrected chi connectivity index (χ3v) is 5.48. The second-order valence-electron chi connectivity index (χ2n) is 6.81. The highest BCUT2D eigenvalue weighted by Crippen LogP contribution is 2.34. The van der Waals surface area contributed by atoms with E-state index in [0.717, 1.165) is 42.7 Å². The van der Waals surface area contributed by atoms with Gasteiger partial charge >= 0.3 is 5.97 Å². The number of hydrogen-bond acceptors (Lipinski definition) is 3. The molecule has 0 radical (unpaired) electrons. The van der Waals surface area contributed by atoms with Crippen molar-refractivity contribution in [2.45, 2.75) is 26.2 Å². The molecule has 0 saturated carbocycles. The third kappa shape index (κ3) is 6.15. The minimum absolute atomic E-state index is 0.168. The number of hydrogen-bond donors (Lipinski definition) is 0. The predicted octanol–water partition coefficient (Wildman–Crippen LogP) is 7.64. The summed E-state index contributed by atoms with van der Waals surface area (Å²) in [6.45, 7) is 2.88. The molecule has 0 fully saturated rings. The Kier molecular flexibility index (Phi) is 8.03. The first kappa shape index (κ1) is 22.5. The van der Waals surface area contributed by atoms with Gasteiger partial charge in [0.1, 0.15) is 5.75 Å². The van der Waals surface area contributed by atoms with E-state index in [2.05, 4.69) is 19.1 Å². The van der Waals surface area contributed by atoms with Crippen LogP contribution in [0.15, 0.2) is 60.7 Å². The van der Waals surface area contributed by atoms with Crippen molar-refractivity contribution in [3.8, 4) is 11.5 Å². The number of carbonyl (C=O) groups excluding carboxylic acids is 1. The molecule has 0 N–H and O–H groups in total. The van der Waals surface area contributed by atoms with E-state index in [-0.39, 0.29) is 15.8 Å². The van der Waals surface area contributed by atoms with Crippen molar-refractivity contribution in [1.29, 1.82) is 0 Å². The Labute approximate surface area is 191 Å². The van der Waals surface area contributed by atoms with Crippen LogP contribution in [0.2, 0.25) is 15.1 Å². The van der Waals surface area contributed by atoms with Crippen molar-refractivity contribution < 1.29 is 14.3 Å². The van der Waals surface area contributed by atoms with Crippen molar-refractivity contribution in [3.05, 3.63) is 92.4 Å². The molecule has 0 aliphatic carbocycles. The summed E-state index contributed by atoms with van der Waals surface area (Å²) in [4.78, 5) is 12.4. The topological polar surface area (TPSA) is 35.5 Å². The quantitative estimate of drug-likeness (QED) is 0.149. The Morgan fingerprint density at radius 3 is 2.07 bits per heavy atom. The highest BCUT2D eigenvalue weighted by molar-refractivity contribution is 6.43. The van der Waals surface area contributed by atoms with Gasteiger partial charge in [-0.3, -0.25) is 0 Å². The van der Waals surface area contributed by atoms with E-state index in [1.165, 1.54) is 12.1 Å². The first-order chi connectivity index (χ1) is 14.5. The molecule has 0 aliphatic rings. The van der Waals surface area contributed by atoms with Crippen LogP contribution in [0.4, 0.5) is 0 Å². The Hall–Kier alpha value is -2.20. The number of unbranched alkanes of at least 4 members (excludes halogenated alkanes) is 1. The van der Waals surface area contributed by atoms with Crippen molar-refractivity contribution in [3.63, 3.8) is 0 Å². The van der Waals surface area contributed by atoms with E-state index in [4.69, 9.17) is 44.3 Å². The molecule has 3 rings (SSSR count). The highest BCUT2D eigenvalue weighted by Gasteiger charge is 2.13. The van der Waals surface area contributed by atoms with Crippen LogP contribution in [0, 0.1) is 0 Å². The van der Waals surface area contributed by atoms with Crippen molar-refractivity contribution in [2.24, 2.45) is 0 Å². The minimum atomic E-state index is -0.518. The molecule has 0 amide bonds. The monoisotopic (exact) mass is 462 g/mol. The molecule has 0 aliphatic heterocycles. The number of halogens is 3. The number of benzene rings is 3. The fraction of sp³-hybridized carbons (Fsp3) is 0.208. The maximum atomic E-state index is 12.4. The summed E-state index contributed by atoms with van der Waals surface area (Å²) in [5.41, 5.74) is 2.66. The molecule has 0 bridgehead atoms. The Balaban J connectivity index is 1.60. The zero-order valence-electron chi connectivity index (χ0n) is 16.5. The summed E-state index contributed by atoms with van der Waals surface area (Å²) in [7, 11) is 0.